The number of aliphatic hydroxyl groups is 1. The molecule has 0 fully saturated rings. The Hall–Kier alpha value is -2.02. The summed E-state index contributed by atoms with van der Waals surface area (Å²) in [6.07, 6.45) is 2.47. The van der Waals surface area contributed by atoms with E-state index in [4.69, 9.17) is 10.8 Å². The van der Waals surface area contributed by atoms with Gasteiger partial charge in [-0.1, -0.05) is 0 Å². The molecule has 0 spiro atoms. The number of nitrogens with two attached hydrogens (primary N) is 1. The first-order valence-corrected chi connectivity index (χ1v) is 4.98. The maximum Gasteiger partial charge on any atom is 0.350 e. The normalized spacial score (nSPS) is 13.9. The van der Waals surface area contributed by atoms with Crippen molar-refractivity contribution in [2.24, 2.45) is 5.92 Å². The van der Waals surface area contributed by atoms with Crippen LogP contribution in [0.1, 0.15) is 12.5 Å². The molecule has 0 aromatic carbocycles. The van der Waals surface area contributed by atoms with Crippen LogP contribution < -0.4 is 11.4 Å². The number of nitrogen functional groups attached to an aromatic ring is 1. The van der Waals surface area contributed by atoms with Gasteiger partial charge in [-0.15, -0.1) is 0 Å². The Labute approximate surface area is 96.9 Å². The number of rotatable bonds is 6. The third kappa shape index (κ3) is 3.22. The zero-order chi connectivity index (χ0) is 12.8. The predicted molar refractivity (Wildman–Crippen MR) is 59.3 cm³/mol. The van der Waals surface area contributed by atoms with Crippen LogP contribution in [0.15, 0.2) is 17.1 Å². The molecule has 1 heterocycles. The molecule has 17 heavy (non-hydrogen) atoms. The van der Waals surface area contributed by atoms with Crippen molar-refractivity contribution in [2.45, 2.75) is 12.5 Å². The molecule has 0 saturated heterocycles. The average molecular weight is 239 g/mol. The number of aliphatic hydroxyl groups excluding tert-OH is 1. The zero-order valence-electron chi connectivity index (χ0n) is 9.02. The second kappa shape index (κ2) is 5.90. The highest BCUT2D eigenvalue weighted by atomic mass is 16.3. The maximum absolute atomic E-state index is 11.5. The largest absolute Gasteiger partial charge is 0.396 e. The van der Waals surface area contributed by atoms with E-state index < -0.39 is 17.6 Å². The average Bonchev–Trinajstić information content (AvgIpc) is 2.32. The number of aldehydes is 2. The third-order valence-electron chi connectivity index (χ3n) is 2.34. The fourth-order valence-corrected chi connectivity index (χ4v) is 1.40. The van der Waals surface area contributed by atoms with E-state index in [0.717, 1.165) is 4.57 Å². The van der Waals surface area contributed by atoms with Gasteiger partial charge in [0.15, 0.2) is 0 Å². The number of aromatic nitrogens is 2. The van der Waals surface area contributed by atoms with E-state index in [1.807, 2.05) is 0 Å². The summed E-state index contributed by atoms with van der Waals surface area (Å²) in [5.74, 6) is -0.625. The van der Waals surface area contributed by atoms with E-state index in [0.29, 0.717) is 12.6 Å². The van der Waals surface area contributed by atoms with E-state index in [2.05, 4.69) is 4.98 Å². The number of hydrogen-bond acceptors (Lipinski definition) is 6. The van der Waals surface area contributed by atoms with Gasteiger partial charge in [-0.25, -0.2) is 4.79 Å². The summed E-state index contributed by atoms with van der Waals surface area (Å²) in [4.78, 5) is 36.4. The summed E-state index contributed by atoms with van der Waals surface area (Å²) in [6.45, 7) is -0.370. The molecule has 7 heteroatoms. The van der Waals surface area contributed by atoms with Crippen molar-refractivity contribution in [3.63, 3.8) is 0 Å². The van der Waals surface area contributed by atoms with E-state index in [1.54, 1.807) is 0 Å². The van der Waals surface area contributed by atoms with E-state index in [1.165, 1.54) is 12.3 Å². The lowest BCUT2D eigenvalue weighted by atomic mass is 10.0. The predicted octanol–water partition coefficient (Wildman–Crippen LogP) is -1.24. The number of nitrogens with zero attached hydrogens (tertiary/aromatic N) is 2. The maximum atomic E-state index is 11.5. The Kier molecular flexibility index (Phi) is 4.53. The van der Waals surface area contributed by atoms with Gasteiger partial charge in [0.1, 0.15) is 18.4 Å². The molecule has 0 bridgehead atoms. The lowest BCUT2D eigenvalue weighted by Gasteiger charge is -2.15. The van der Waals surface area contributed by atoms with Gasteiger partial charge in [0, 0.05) is 12.1 Å². The van der Waals surface area contributed by atoms with Crippen molar-refractivity contribution in [2.75, 3.05) is 12.3 Å². The van der Waals surface area contributed by atoms with Crippen LogP contribution in [0.3, 0.4) is 0 Å². The van der Waals surface area contributed by atoms with Crippen molar-refractivity contribution in [1.82, 2.24) is 9.55 Å². The van der Waals surface area contributed by atoms with Crippen LogP contribution in [-0.4, -0.2) is 33.8 Å². The van der Waals surface area contributed by atoms with Crippen molar-refractivity contribution >= 4 is 18.4 Å². The number of carbonyl (C=O) groups excluding carboxylic acids is 2. The van der Waals surface area contributed by atoms with Gasteiger partial charge in [0.25, 0.3) is 0 Å². The molecule has 0 saturated carbocycles. The Bertz CT molecular complexity index is 457. The molecular formula is C10H13N3O4. The molecule has 0 radical (unpaired) electrons. The quantitative estimate of drug-likeness (QED) is 0.600. The van der Waals surface area contributed by atoms with Crippen molar-refractivity contribution in [1.29, 1.82) is 0 Å². The molecule has 3 N–H and O–H groups in total. The molecule has 0 aliphatic heterocycles. The van der Waals surface area contributed by atoms with Crippen LogP contribution >= 0.6 is 0 Å². The van der Waals surface area contributed by atoms with E-state index in [-0.39, 0.29) is 18.8 Å². The lowest BCUT2D eigenvalue weighted by Crippen LogP contribution is -2.30. The summed E-state index contributed by atoms with van der Waals surface area (Å²) in [5, 5.41) is 8.86. The van der Waals surface area contributed by atoms with Crippen LogP contribution in [-0.2, 0) is 9.59 Å². The molecule has 2 atom stereocenters. The van der Waals surface area contributed by atoms with Crippen LogP contribution in [0.2, 0.25) is 0 Å². The third-order valence-corrected chi connectivity index (χ3v) is 2.34. The monoisotopic (exact) mass is 239 g/mol. The summed E-state index contributed by atoms with van der Waals surface area (Å²) >= 11 is 0. The molecule has 1 aromatic heterocycles. The van der Waals surface area contributed by atoms with Gasteiger partial charge in [-0.3, -0.25) is 4.57 Å². The van der Waals surface area contributed by atoms with Gasteiger partial charge in [0.05, 0.1) is 12.6 Å². The molecule has 0 aliphatic rings. The van der Waals surface area contributed by atoms with Crippen LogP contribution in [0, 0.1) is 5.92 Å². The summed E-state index contributed by atoms with van der Waals surface area (Å²) in [7, 11) is 0. The van der Waals surface area contributed by atoms with Gasteiger partial charge in [-0.05, 0) is 12.5 Å². The molecule has 1 rings (SSSR count). The van der Waals surface area contributed by atoms with Gasteiger partial charge >= 0.3 is 5.69 Å². The number of anilines is 1. The van der Waals surface area contributed by atoms with E-state index in [9.17, 15) is 14.4 Å². The molecule has 0 aliphatic carbocycles. The van der Waals surface area contributed by atoms with Gasteiger partial charge in [-0.2, -0.15) is 4.98 Å². The molecule has 92 valence electrons. The minimum absolute atomic E-state index is 0.0506. The molecular weight excluding hydrogens is 226 g/mol. The summed E-state index contributed by atoms with van der Waals surface area (Å²) < 4.78 is 1.08. The molecule has 1 aromatic rings. The van der Waals surface area contributed by atoms with Crippen molar-refractivity contribution in [3.05, 3.63) is 22.7 Å². The van der Waals surface area contributed by atoms with Crippen molar-refractivity contribution in [3.8, 4) is 0 Å². The standard InChI is InChI=1S/C10H13N3O4/c11-9-1-2-13(10(17)12-9)8(6-16)3-7(4-14)5-15/h1-2,4,6-8,15H,3,5H2,(H2,11,12,17)/t7-,8+/m1/s1. The second-order valence-electron chi connectivity index (χ2n) is 3.56. The first-order chi connectivity index (χ1) is 8.12. The summed E-state index contributed by atoms with van der Waals surface area (Å²) in [6, 6.07) is 0.546. The Morgan fingerprint density at radius 2 is 2.18 bits per heavy atom. The highest BCUT2D eigenvalue weighted by Gasteiger charge is 2.17. The first-order valence-electron chi connectivity index (χ1n) is 4.98. The summed E-state index contributed by atoms with van der Waals surface area (Å²) in [5.41, 5.74) is 4.65. The molecule has 7 nitrogen and oxygen atoms in total. The lowest BCUT2D eigenvalue weighted by molar-refractivity contribution is -0.114. The number of hydrogen-bond donors (Lipinski definition) is 2. The topological polar surface area (TPSA) is 115 Å². The fourth-order valence-electron chi connectivity index (χ4n) is 1.40. The van der Waals surface area contributed by atoms with Crippen LogP contribution in [0.5, 0.6) is 0 Å². The fraction of sp³-hybridized carbons (Fsp3) is 0.400. The zero-order valence-corrected chi connectivity index (χ0v) is 9.02. The second-order valence-corrected chi connectivity index (χ2v) is 3.56. The minimum atomic E-state index is -0.835. The first kappa shape index (κ1) is 13.0. The van der Waals surface area contributed by atoms with Crippen molar-refractivity contribution < 1.29 is 14.7 Å². The van der Waals surface area contributed by atoms with Gasteiger partial charge < -0.3 is 20.4 Å². The Morgan fingerprint density at radius 3 is 2.65 bits per heavy atom. The highest BCUT2D eigenvalue weighted by molar-refractivity contribution is 5.59. The smallest absolute Gasteiger partial charge is 0.350 e. The minimum Gasteiger partial charge on any atom is -0.396 e. The highest BCUT2D eigenvalue weighted by Crippen LogP contribution is 2.12. The Morgan fingerprint density at radius 1 is 1.47 bits per heavy atom. The molecule has 0 unspecified atom stereocenters. The Balaban J connectivity index is 2.97. The number of carbonyl (C=O) groups is 2. The van der Waals surface area contributed by atoms with Crippen LogP contribution in [0.25, 0.3) is 0 Å². The van der Waals surface area contributed by atoms with E-state index >= 15 is 0 Å². The molecule has 0 amide bonds. The SMILES string of the molecule is Nc1ccn([C@H](C=O)C[C@H](C=O)CO)c(=O)n1. The van der Waals surface area contributed by atoms with Crippen LogP contribution in [0.4, 0.5) is 5.82 Å². The van der Waals surface area contributed by atoms with Gasteiger partial charge in [0.2, 0.25) is 0 Å².